The molecule has 2 N–H and O–H groups in total. The SMILES string of the molecule is CCCCCCCC(C)C(N)(CCCCCCC)CCCCCCC.I. The summed E-state index contributed by atoms with van der Waals surface area (Å²) in [7, 11) is 0. The lowest BCUT2D eigenvalue weighted by Gasteiger charge is -2.36. The predicted octanol–water partition coefficient (Wildman–Crippen LogP) is 9.02. The zero-order valence-electron chi connectivity index (χ0n) is 18.8. The van der Waals surface area contributed by atoms with Gasteiger partial charge >= 0.3 is 0 Å². The van der Waals surface area contributed by atoms with Crippen LogP contribution in [0.15, 0.2) is 0 Å². The van der Waals surface area contributed by atoms with Crippen LogP contribution in [0, 0.1) is 5.92 Å². The molecule has 160 valence electrons. The molecule has 0 amide bonds. The fraction of sp³-hybridized carbons (Fsp3) is 1.00. The van der Waals surface area contributed by atoms with E-state index in [0.717, 1.165) is 0 Å². The van der Waals surface area contributed by atoms with Crippen LogP contribution in [0.3, 0.4) is 0 Å². The van der Waals surface area contributed by atoms with Crippen molar-refractivity contribution in [1.29, 1.82) is 0 Å². The predicted molar refractivity (Wildman–Crippen MR) is 132 cm³/mol. The number of hydrogen-bond donors (Lipinski definition) is 1. The maximum atomic E-state index is 7.01. The fourth-order valence-electron chi connectivity index (χ4n) is 4.07. The number of unbranched alkanes of at least 4 members (excludes halogenated alkanes) is 12. The molecule has 0 bridgehead atoms. The summed E-state index contributed by atoms with van der Waals surface area (Å²) in [6, 6.07) is 0. The summed E-state index contributed by atoms with van der Waals surface area (Å²) < 4.78 is 0. The van der Waals surface area contributed by atoms with E-state index in [0.29, 0.717) is 5.92 Å². The van der Waals surface area contributed by atoms with Crippen molar-refractivity contribution in [3.63, 3.8) is 0 Å². The van der Waals surface area contributed by atoms with Crippen LogP contribution in [-0.2, 0) is 0 Å². The molecule has 1 nitrogen and oxygen atoms in total. The number of hydrogen-bond acceptors (Lipinski definition) is 1. The quantitative estimate of drug-likeness (QED) is 0.145. The first-order chi connectivity index (χ1) is 12.1. The van der Waals surface area contributed by atoms with Gasteiger partial charge in [0, 0.05) is 5.54 Å². The van der Waals surface area contributed by atoms with Crippen molar-refractivity contribution in [2.45, 2.75) is 149 Å². The van der Waals surface area contributed by atoms with Crippen molar-refractivity contribution in [1.82, 2.24) is 0 Å². The van der Waals surface area contributed by atoms with E-state index >= 15 is 0 Å². The van der Waals surface area contributed by atoms with Crippen LogP contribution in [0.25, 0.3) is 0 Å². The molecule has 0 aliphatic heterocycles. The van der Waals surface area contributed by atoms with Gasteiger partial charge in [-0.3, -0.25) is 0 Å². The molecule has 0 fully saturated rings. The number of rotatable bonds is 19. The summed E-state index contributed by atoms with van der Waals surface area (Å²) in [5.74, 6) is 0.687. The molecule has 0 aromatic heterocycles. The molecule has 0 aliphatic rings. The van der Waals surface area contributed by atoms with Crippen molar-refractivity contribution in [2.24, 2.45) is 11.7 Å². The third-order valence-electron chi connectivity index (χ3n) is 6.21. The van der Waals surface area contributed by atoms with Crippen molar-refractivity contribution in [3.05, 3.63) is 0 Å². The zero-order chi connectivity index (χ0) is 18.8. The highest BCUT2D eigenvalue weighted by Crippen LogP contribution is 2.31. The molecule has 2 heteroatoms. The Morgan fingerprint density at radius 2 is 0.923 bits per heavy atom. The Bertz CT molecular complexity index is 253. The fourth-order valence-corrected chi connectivity index (χ4v) is 4.07. The third kappa shape index (κ3) is 15.7. The Hall–Kier alpha value is 0.690. The lowest BCUT2D eigenvalue weighted by molar-refractivity contribution is 0.220. The van der Waals surface area contributed by atoms with Crippen LogP contribution in [0.5, 0.6) is 0 Å². The Morgan fingerprint density at radius 1 is 0.577 bits per heavy atom. The van der Waals surface area contributed by atoms with Crippen molar-refractivity contribution >= 4 is 24.0 Å². The van der Waals surface area contributed by atoms with E-state index in [1.54, 1.807) is 0 Å². The maximum absolute atomic E-state index is 7.01. The van der Waals surface area contributed by atoms with E-state index in [1.807, 2.05) is 0 Å². The van der Waals surface area contributed by atoms with Gasteiger partial charge in [-0.1, -0.05) is 124 Å². The van der Waals surface area contributed by atoms with E-state index in [1.165, 1.54) is 116 Å². The summed E-state index contributed by atoms with van der Waals surface area (Å²) in [6.07, 6.45) is 24.5. The normalized spacial score (nSPS) is 12.8. The Labute approximate surface area is 184 Å². The molecular formula is C24H52IN. The van der Waals surface area contributed by atoms with Gasteiger partial charge in [-0.05, 0) is 25.2 Å². The average molecular weight is 482 g/mol. The minimum absolute atomic E-state index is 0. The molecule has 0 heterocycles. The van der Waals surface area contributed by atoms with Gasteiger partial charge < -0.3 is 5.73 Å². The minimum atomic E-state index is 0. The molecular weight excluding hydrogens is 429 g/mol. The van der Waals surface area contributed by atoms with Crippen LogP contribution in [-0.4, -0.2) is 5.54 Å². The van der Waals surface area contributed by atoms with Crippen molar-refractivity contribution in [3.8, 4) is 0 Å². The largest absolute Gasteiger partial charge is 0.325 e. The highest BCUT2D eigenvalue weighted by atomic mass is 127. The first kappa shape index (κ1) is 28.9. The summed E-state index contributed by atoms with van der Waals surface area (Å²) in [4.78, 5) is 0. The highest BCUT2D eigenvalue weighted by Gasteiger charge is 2.30. The second-order valence-corrected chi connectivity index (χ2v) is 8.67. The van der Waals surface area contributed by atoms with Gasteiger partial charge in [-0.2, -0.15) is 0 Å². The van der Waals surface area contributed by atoms with E-state index in [9.17, 15) is 0 Å². The van der Waals surface area contributed by atoms with E-state index in [-0.39, 0.29) is 29.5 Å². The molecule has 0 saturated heterocycles. The lowest BCUT2D eigenvalue weighted by Crippen LogP contribution is -2.46. The lowest BCUT2D eigenvalue weighted by atomic mass is 9.75. The smallest absolute Gasteiger partial charge is 0.0180 e. The molecule has 0 saturated carbocycles. The van der Waals surface area contributed by atoms with Crippen LogP contribution in [0.2, 0.25) is 0 Å². The monoisotopic (exact) mass is 481 g/mol. The summed E-state index contributed by atoms with van der Waals surface area (Å²) in [6.45, 7) is 9.33. The van der Waals surface area contributed by atoms with E-state index < -0.39 is 0 Å². The van der Waals surface area contributed by atoms with Crippen molar-refractivity contribution in [2.75, 3.05) is 0 Å². The molecule has 0 rings (SSSR count). The summed E-state index contributed by atoms with van der Waals surface area (Å²) in [5.41, 5.74) is 7.11. The number of nitrogens with two attached hydrogens (primary N) is 1. The Kier molecular flexibility index (Phi) is 22.7. The molecule has 1 unspecified atom stereocenters. The molecule has 0 aromatic carbocycles. The van der Waals surface area contributed by atoms with Crippen molar-refractivity contribution < 1.29 is 0 Å². The van der Waals surface area contributed by atoms with Crippen LogP contribution >= 0.6 is 24.0 Å². The molecule has 0 radical (unpaired) electrons. The summed E-state index contributed by atoms with van der Waals surface area (Å²) in [5, 5.41) is 0. The first-order valence-electron chi connectivity index (χ1n) is 11.9. The summed E-state index contributed by atoms with van der Waals surface area (Å²) >= 11 is 0. The van der Waals surface area contributed by atoms with Gasteiger partial charge in [0.1, 0.15) is 0 Å². The second-order valence-electron chi connectivity index (χ2n) is 8.67. The second kappa shape index (κ2) is 20.4. The van der Waals surface area contributed by atoms with Gasteiger partial charge in [0.25, 0.3) is 0 Å². The standard InChI is InChI=1S/C24H51N.HI/c1-5-8-11-14-17-20-23(4)24(25,21-18-15-12-9-6-2)22-19-16-13-10-7-3;/h23H,5-22,25H2,1-4H3;1H. The zero-order valence-corrected chi connectivity index (χ0v) is 21.1. The number of halogens is 1. The Balaban J connectivity index is 0. The molecule has 1 atom stereocenters. The van der Waals surface area contributed by atoms with Gasteiger partial charge in [0.15, 0.2) is 0 Å². The third-order valence-corrected chi connectivity index (χ3v) is 6.21. The topological polar surface area (TPSA) is 26.0 Å². The Morgan fingerprint density at radius 3 is 1.31 bits per heavy atom. The van der Waals surface area contributed by atoms with Crippen LogP contribution in [0.4, 0.5) is 0 Å². The van der Waals surface area contributed by atoms with Gasteiger partial charge in [0.05, 0.1) is 0 Å². The van der Waals surface area contributed by atoms with E-state index in [4.69, 9.17) is 5.73 Å². The average Bonchev–Trinajstić information content (AvgIpc) is 2.61. The first-order valence-corrected chi connectivity index (χ1v) is 11.9. The molecule has 0 spiro atoms. The van der Waals surface area contributed by atoms with E-state index in [2.05, 4.69) is 27.7 Å². The van der Waals surface area contributed by atoms with Crippen LogP contribution < -0.4 is 5.73 Å². The minimum Gasteiger partial charge on any atom is -0.325 e. The van der Waals surface area contributed by atoms with Gasteiger partial charge in [0.2, 0.25) is 0 Å². The molecule has 0 aromatic rings. The molecule has 0 aliphatic carbocycles. The molecule has 26 heavy (non-hydrogen) atoms. The van der Waals surface area contributed by atoms with Gasteiger partial charge in [-0.15, -0.1) is 24.0 Å². The van der Waals surface area contributed by atoms with Gasteiger partial charge in [-0.25, -0.2) is 0 Å². The van der Waals surface area contributed by atoms with Crippen LogP contribution in [0.1, 0.15) is 143 Å². The highest BCUT2D eigenvalue weighted by molar-refractivity contribution is 14.0. The maximum Gasteiger partial charge on any atom is 0.0180 e.